The number of para-hydroxylation sites is 1. The lowest BCUT2D eigenvalue weighted by molar-refractivity contribution is -0.133. The summed E-state index contributed by atoms with van der Waals surface area (Å²) in [6.07, 6.45) is 0.917. The molecule has 0 N–H and O–H groups in total. The van der Waals surface area contributed by atoms with E-state index in [1.807, 2.05) is 13.0 Å². The zero-order chi connectivity index (χ0) is 19.1. The number of halogens is 2. The second kappa shape index (κ2) is 10.7. The smallest absolute Gasteiger partial charge is 0.260 e. The van der Waals surface area contributed by atoms with Gasteiger partial charge in [-0.05, 0) is 24.6 Å². The van der Waals surface area contributed by atoms with E-state index in [4.69, 9.17) is 9.47 Å². The quantitative estimate of drug-likeness (QED) is 0.698. The lowest BCUT2D eigenvalue weighted by Crippen LogP contribution is -2.50. The SMILES string of the molecule is CCCOc1ccc(N2CCN(C(=O)COc3ccccc3F)CC2)nn1.Cl. The number of piperazine rings is 1. The Hall–Kier alpha value is -2.61. The van der Waals surface area contributed by atoms with Crippen LogP contribution in [0.15, 0.2) is 36.4 Å². The Morgan fingerprint density at radius 2 is 1.82 bits per heavy atom. The fourth-order valence-corrected chi connectivity index (χ4v) is 2.74. The van der Waals surface area contributed by atoms with Crippen molar-refractivity contribution in [3.05, 3.63) is 42.2 Å². The van der Waals surface area contributed by atoms with E-state index < -0.39 is 5.82 Å². The maximum Gasteiger partial charge on any atom is 0.260 e. The van der Waals surface area contributed by atoms with Crippen molar-refractivity contribution in [1.82, 2.24) is 15.1 Å². The monoisotopic (exact) mass is 410 g/mol. The summed E-state index contributed by atoms with van der Waals surface area (Å²) in [5.41, 5.74) is 0. The highest BCUT2D eigenvalue weighted by molar-refractivity contribution is 5.85. The molecule has 0 saturated carbocycles. The Morgan fingerprint density at radius 3 is 2.46 bits per heavy atom. The molecule has 7 nitrogen and oxygen atoms in total. The van der Waals surface area contributed by atoms with E-state index in [0.717, 1.165) is 12.2 Å². The third kappa shape index (κ3) is 5.69. The largest absolute Gasteiger partial charge is 0.481 e. The number of carbonyl (C=O) groups excluding carboxylic acids is 1. The zero-order valence-electron chi connectivity index (χ0n) is 15.7. The van der Waals surface area contributed by atoms with Gasteiger partial charge in [0.25, 0.3) is 5.91 Å². The Bertz CT molecular complexity index is 755. The molecule has 1 aliphatic rings. The summed E-state index contributed by atoms with van der Waals surface area (Å²) >= 11 is 0. The van der Waals surface area contributed by atoms with Crippen LogP contribution < -0.4 is 14.4 Å². The molecule has 0 atom stereocenters. The van der Waals surface area contributed by atoms with Gasteiger partial charge in [0.2, 0.25) is 5.88 Å². The van der Waals surface area contributed by atoms with E-state index in [1.165, 1.54) is 12.1 Å². The fraction of sp³-hybridized carbons (Fsp3) is 0.421. The third-order valence-corrected chi connectivity index (χ3v) is 4.22. The van der Waals surface area contributed by atoms with Crippen LogP contribution in [0.3, 0.4) is 0 Å². The highest BCUT2D eigenvalue weighted by Crippen LogP contribution is 2.17. The molecule has 1 amide bonds. The van der Waals surface area contributed by atoms with Crippen LogP contribution in [0.4, 0.5) is 10.2 Å². The van der Waals surface area contributed by atoms with Gasteiger partial charge in [-0.1, -0.05) is 19.1 Å². The number of carbonyl (C=O) groups is 1. The normalized spacial score (nSPS) is 13.6. The molecule has 152 valence electrons. The summed E-state index contributed by atoms with van der Waals surface area (Å²) in [6.45, 7) is 4.87. The molecule has 1 fully saturated rings. The van der Waals surface area contributed by atoms with Crippen LogP contribution in [0.25, 0.3) is 0 Å². The predicted molar refractivity (Wildman–Crippen MR) is 106 cm³/mol. The molecular weight excluding hydrogens is 387 g/mol. The Kier molecular flexibility index (Phi) is 8.25. The minimum atomic E-state index is -0.472. The third-order valence-electron chi connectivity index (χ3n) is 4.22. The van der Waals surface area contributed by atoms with Crippen LogP contribution in [-0.2, 0) is 4.79 Å². The van der Waals surface area contributed by atoms with Crippen LogP contribution in [0.1, 0.15) is 13.3 Å². The summed E-state index contributed by atoms with van der Waals surface area (Å²) in [5, 5.41) is 8.26. The van der Waals surface area contributed by atoms with E-state index >= 15 is 0 Å². The molecular formula is C19H24ClFN4O3. The highest BCUT2D eigenvalue weighted by atomic mass is 35.5. The number of benzene rings is 1. The molecule has 0 radical (unpaired) electrons. The summed E-state index contributed by atoms with van der Waals surface area (Å²) < 4.78 is 24.3. The van der Waals surface area contributed by atoms with E-state index in [-0.39, 0.29) is 30.7 Å². The minimum absolute atomic E-state index is 0. The van der Waals surface area contributed by atoms with Crippen molar-refractivity contribution in [3.8, 4) is 11.6 Å². The van der Waals surface area contributed by atoms with Gasteiger partial charge < -0.3 is 19.3 Å². The number of ether oxygens (including phenoxy) is 2. The maximum absolute atomic E-state index is 13.5. The second-order valence-corrected chi connectivity index (χ2v) is 6.17. The first-order valence-corrected chi connectivity index (χ1v) is 9.04. The van der Waals surface area contributed by atoms with E-state index in [9.17, 15) is 9.18 Å². The molecule has 1 aliphatic heterocycles. The molecule has 1 aromatic heterocycles. The van der Waals surface area contributed by atoms with Gasteiger partial charge in [0, 0.05) is 32.2 Å². The topological polar surface area (TPSA) is 67.8 Å². The molecule has 9 heteroatoms. The van der Waals surface area contributed by atoms with Crippen LogP contribution in [0.2, 0.25) is 0 Å². The molecule has 0 unspecified atom stereocenters. The number of nitrogens with zero attached hydrogens (tertiary/aromatic N) is 4. The van der Waals surface area contributed by atoms with Crippen molar-refractivity contribution in [2.24, 2.45) is 0 Å². The lowest BCUT2D eigenvalue weighted by Gasteiger charge is -2.35. The van der Waals surface area contributed by atoms with Gasteiger partial charge in [0.1, 0.15) is 0 Å². The number of amides is 1. The van der Waals surface area contributed by atoms with Gasteiger partial charge in [-0.25, -0.2) is 4.39 Å². The Morgan fingerprint density at radius 1 is 1.07 bits per heavy atom. The molecule has 2 aromatic rings. The maximum atomic E-state index is 13.5. The number of aromatic nitrogens is 2. The van der Waals surface area contributed by atoms with E-state index in [1.54, 1.807) is 23.1 Å². The van der Waals surface area contributed by atoms with Crippen molar-refractivity contribution >= 4 is 24.1 Å². The summed E-state index contributed by atoms with van der Waals surface area (Å²) in [4.78, 5) is 16.1. The van der Waals surface area contributed by atoms with E-state index in [2.05, 4.69) is 15.1 Å². The molecule has 0 bridgehead atoms. The van der Waals surface area contributed by atoms with Crippen molar-refractivity contribution in [3.63, 3.8) is 0 Å². The summed E-state index contributed by atoms with van der Waals surface area (Å²) in [6, 6.07) is 9.73. The molecule has 0 aliphatic carbocycles. The second-order valence-electron chi connectivity index (χ2n) is 6.17. The number of rotatable bonds is 7. The van der Waals surface area contributed by atoms with Gasteiger partial charge >= 0.3 is 0 Å². The molecule has 1 aromatic carbocycles. The first-order chi connectivity index (χ1) is 13.2. The van der Waals surface area contributed by atoms with Crippen molar-refractivity contribution in [1.29, 1.82) is 0 Å². The zero-order valence-corrected chi connectivity index (χ0v) is 16.5. The van der Waals surface area contributed by atoms with Gasteiger partial charge in [-0.15, -0.1) is 22.6 Å². The minimum Gasteiger partial charge on any atom is -0.481 e. The summed E-state index contributed by atoms with van der Waals surface area (Å²) in [5.74, 6) is 0.728. The molecule has 0 spiro atoms. The molecule has 3 rings (SSSR count). The van der Waals surface area contributed by atoms with Crippen LogP contribution in [0.5, 0.6) is 11.6 Å². The first kappa shape index (κ1) is 21.7. The fourth-order valence-electron chi connectivity index (χ4n) is 2.74. The van der Waals surface area contributed by atoms with Gasteiger partial charge in [-0.3, -0.25) is 4.79 Å². The van der Waals surface area contributed by atoms with Crippen LogP contribution >= 0.6 is 12.4 Å². The first-order valence-electron chi connectivity index (χ1n) is 9.04. The Labute approximate surface area is 169 Å². The lowest BCUT2D eigenvalue weighted by atomic mass is 10.3. The average molecular weight is 411 g/mol. The van der Waals surface area contributed by atoms with Crippen molar-refractivity contribution < 1.29 is 18.7 Å². The molecule has 28 heavy (non-hydrogen) atoms. The van der Waals surface area contributed by atoms with E-state index in [0.29, 0.717) is 38.7 Å². The number of hydrogen-bond donors (Lipinski definition) is 0. The Balaban J connectivity index is 0.00000280. The van der Waals surface area contributed by atoms with Gasteiger partial charge in [0.05, 0.1) is 6.61 Å². The summed E-state index contributed by atoms with van der Waals surface area (Å²) in [7, 11) is 0. The molecule has 2 heterocycles. The number of hydrogen-bond acceptors (Lipinski definition) is 6. The average Bonchev–Trinajstić information content (AvgIpc) is 2.72. The van der Waals surface area contributed by atoms with Crippen molar-refractivity contribution in [2.45, 2.75) is 13.3 Å². The van der Waals surface area contributed by atoms with Gasteiger partial charge in [0.15, 0.2) is 24.0 Å². The highest BCUT2D eigenvalue weighted by Gasteiger charge is 2.22. The van der Waals surface area contributed by atoms with Crippen molar-refractivity contribution in [2.75, 3.05) is 44.3 Å². The van der Waals surface area contributed by atoms with Crippen LogP contribution in [0, 0.1) is 5.82 Å². The van der Waals surface area contributed by atoms with Gasteiger partial charge in [-0.2, -0.15) is 0 Å². The van der Waals surface area contributed by atoms with Crippen LogP contribution in [-0.4, -0.2) is 60.4 Å². The number of anilines is 1. The predicted octanol–water partition coefficient (Wildman–Crippen LogP) is 2.55. The molecule has 1 saturated heterocycles. The standard InChI is InChI=1S/C19H23FN4O3.ClH/c1-2-13-26-18-8-7-17(21-22-18)23-9-11-24(12-10-23)19(25)14-27-16-6-4-3-5-15(16)20;/h3-8H,2,9-14H2,1H3;1H.